The predicted molar refractivity (Wildman–Crippen MR) is 156 cm³/mol. The zero-order valence-electron chi connectivity index (χ0n) is 21.3. The van der Waals surface area contributed by atoms with Crippen LogP contribution < -0.4 is 14.7 Å². The van der Waals surface area contributed by atoms with E-state index in [1.165, 1.54) is 17.4 Å². The lowest BCUT2D eigenvalue weighted by molar-refractivity contribution is -0.113. The van der Waals surface area contributed by atoms with Crippen molar-refractivity contribution >= 4 is 57.3 Å². The highest BCUT2D eigenvalue weighted by atomic mass is 32.2. The van der Waals surface area contributed by atoms with Crippen LogP contribution in [0.3, 0.4) is 0 Å². The van der Waals surface area contributed by atoms with E-state index in [0.717, 1.165) is 51.2 Å². The number of hydrogen-bond donors (Lipinski definition) is 0. The third-order valence-corrected chi connectivity index (χ3v) is 8.89. The van der Waals surface area contributed by atoms with Crippen LogP contribution in [0.4, 0.5) is 22.7 Å². The van der Waals surface area contributed by atoms with E-state index >= 15 is 0 Å². The lowest BCUT2D eigenvalue weighted by Crippen LogP contribution is -2.29. The fraction of sp³-hybridized carbons (Fsp3) is 0.241. The van der Waals surface area contributed by atoms with Gasteiger partial charge in [0.15, 0.2) is 5.17 Å². The number of rotatable bonds is 5. The molecule has 2 aliphatic rings. The number of hydrogen-bond acceptors (Lipinski definition) is 6. The van der Waals surface area contributed by atoms with Crippen molar-refractivity contribution in [2.45, 2.75) is 32.6 Å². The summed E-state index contributed by atoms with van der Waals surface area (Å²) in [6.45, 7) is 10.4. The lowest BCUT2D eigenvalue weighted by atomic mass is 10.1. The second kappa shape index (κ2) is 10.1. The van der Waals surface area contributed by atoms with Crippen LogP contribution in [0.1, 0.15) is 25.0 Å². The van der Waals surface area contributed by atoms with Crippen molar-refractivity contribution in [3.63, 3.8) is 0 Å². The summed E-state index contributed by atoms with van der Waals surface area (Å²) >= 11 is 3.10. The molecule has 1 amide bonds. The molecule has 0 unspecified atom stereocenters. The van der Waals surface area contributed by atoms with Crippen molar-refractivity contribution < 1.29 is 4.79 Å². The molecule has 1 saturated heterocycles. The van der Waals surface area contributed by atoms with E-state index in [1.807, 2.05) is 50.4 Å². The van der Waals surface area contributed by atoms with Crippen molar-refractivity contribution in [1.82, 2.24) is 0 Å². The molecule has 3 aromatic rings. The maximum Gasteiger partial charge on any atom is 0.274 e. The SMILES string of the molecule is CCN(CC)c1ccc(N=C2S/C(=C3\Sc4ccccc4N3C)C(=O)N2c2cccc(C)c2)c(C)c1. The molecule has 5 nitrogen and oxygen atoms in total. The van der Waals surface area contributed by atoms with Crippen molar-refractivity contribution in [3.05, 3.63) is 87.8 Å². The van der Waals surface area contributed by atoms with Crippen molar-refractivity contribution in [1.29, 1.82) is 0 Å². The van der Waals surface area contributed by atoms with Gasteiger partial charge in [0.25, 0.3) is 5.91 Å². The van der Waals surface area contributed by atoms with Crippen LogP contribution in [0.5, 0.6) is 0 Å². The molecule has 2 aliphatic heterocycles. The second-order valence-corrected chi connectivity index (χ2v) is 10.9. The number of benzene rings is 3. The molecule has 0 atom stereocenters. The smallest absolute Gasteiger partial charge is 0.274 e. The Balaban J connectivity index is 1.59. The minimum absolute atomic E-state index is 0.0380. The van der Waals surface area contributed by atoms with Gasteiger partial charge >= 0.3 is 0 Å². The minimum atomic E-state index is -0.0380. The Hall–Kier alpha value is -3.16. The predicted octanol–water partition coefficient (Wildman–Crippen LogP) is 7.33. The zero-order chi connectivity index (χ0) is 25.4. The van der Waals surface area contributed by atoms with Gasteiger partial charge in [0.05, 0.1) is 22.1 Å². The summed E-state index contributed by atoms with van der Waals surface area (Å²) in [7, 11) is 2.03. The Labute approximate surface area is 221 Å². The number of thioether (sulfide) groups is 2. The number of amides is 1. The number of anilines is 3. The molecule has 0 spiro atoms. The van der Waals surface area contributed by atoms with E-state index in [9.17, 15) is 4.79 Å². The number of para-hydroxylation sites is 1. The summed E-state index contributed by atoms with van der Waals surface area (Å²) in [4.78, 5) is 27.0. The quantitative estimate of drug-likeness (QED) is 0.333. The Kier molecular flexibility index (Phi) is 6.86. The van der Waals surface area contributed by atoms with Gasteiger partial charge in [-0.3, -0.25) is 9.69 Å². The molecule has 184 valence electrons. The molecule has 36 heavy (non-hydrogen) atoms. The summed E-state index contributed by atoms with van der Waals surface area (Å²) in [5.74, 6) is -0.0380. The van der Waals surface area contributed by atoms with Crippen LogP contribution >= 0.6 is 23.5 Å². The maximum atomic E-state index is 13.9. The van der Waals surface area contributed by atoms with E-state index in [2.05, 4.69) is 60.9 Å². The summed E-state index contributed by atoms with van der Waals surface area (Å²) in [6, 6.07) is 22.7. The number of carbonyl (C=O) groups is 1. The van der Waals surface area contributed by atoms with E-state index in [4.69, 9.17) is 4.99 Å². The molecule has 1 fully saturated rings. The first-order valence-electron chi connectivity index (χ1n) is 12.2. The van der Waals surface area contributed by atoms with Crippen molar-refractivity contribution in [2.75, 3.05) is 34.8 Å². The highest BCUT2D eigenvalue weighted by Gasteiger charge is 2.40. The van der Waals surface area contributed by atoms with Crippen LogP contribution in [0, 0.1) is 13.8 Å². The molecule has 0 aromatic heterocycles. The van der Waals surface area contributed by atoms with E-state index in [-0.39, 0.29) is 5.91 Å². The van der Waals surface area contributed by atoms with Crippen molar-refractivity contribution in [3.8, 4) is 0 Å². The molecule has 0 saturated carbocycles. The first kappa shape index (κ1) is 24.5. The van der Waals surface area contributed by atoms with Gasteiger partial charge in [-0.2, -0.15) is 0 Å². The molecule has 3 aromatic carbocycles. The Bertz CT molecular complexity index is 1390. The zero-order valence-corrected chi connectivity index (χ0v) is 22.9. The van der Waals surface area contributed by atoms with Gasteiger partial charge in [0.1, 0.15) is 4.91 Å². The van der Waals surface area contributed by atoms with Crippen LogP contribution in [0.25, 0.3) is 0 Å². The number of carbonyl (C=O) groups excluding carboxylic acids is 1. The first-order valence-corrected chi connectivity index (χ1v) is 13.8. The molecular formula is C29H30N4OS2. The summed E-state index contributed by atoms with van der Waals surface area (Å²) in [6.07, 6.45) is 0. The summed E-state index contributed by atoms with van der Waals surface area (Å²) in [5, 5.41) is 1.62. The van der Waals surface area contributed by atoms with Gasteiger partial charge < -0.3 is 9.80 Å². The Morgan fingerprint density at radius 3 is 2.39 bits per heavy atom. The highest BCUT2D eigenvalue weighted by Crippen LogP contribution is 2.50. The lowest BCUT2D eigenvalue weighted by Gasteiger charge is -2.22. The fourth-order valence-corrected chi connectivity index (χ4v) is 6.87. The van der Waals surface area contributed by atoms with Crippen LogP contribution in [0.2, 0.25) is 0 Å². The number of amidine groups is 1. The highest BCUT2D eigenvalue weighted by molar-refractivity contribution is 8.20. The molecule has 7 heteroatoms. The topological polar surface area (TPSA) is 39.1 Å². The Morgan fingerprint density at radius 1 is 0.917 bits per heavy atom. The average Bonchev–Trinajstić information content (AvgIpc) is 3.37. The van der Waals surface area contributed by atoms with Crippen molar-refractivity contribution in [2.24, 2.45) is 4.99 Å². The van der Waals surface area contributed by atoms with Crippen LogP contribution in [0.15, 0.2) is 86.6 Å². The fourth-order valence-electron chi connectivity index (χ4n) is 4.53. The largest absolute Gasteiger partial charge is 0.372 e. The third-order valence-electron chi connectivity index (χ3n) is 6.50. The van der Waals surface area contributed by atoms with Gasteiger partial charge in [-0.1, -0.05) is 36.0 Å². The average molecular weight is 515 g/mol. The summed E-state index contributed by atoms with van der Waals surface area (Å²) < 4.78 is 0. The molecule has 0 bridgehead atoms. The normalized spacial score (nSPS) is 18.4. The molecule has 5 rings (SSSR count). The monoisotopic (exact) mass is 514 g/mol. The van der Waals surface area contributed by atoms with Crippen LogP contribution in [-0.4, -0.2) is 31.2 Å². The molecule has 0 aliphatic carbocycles. The van der Waals surface area contributed by atoms with Gasteiger partial charge in [-0.25, -0.2) is 4.99 Å². The van der Waals surface area contributed by atoms with E-state index in [0.29, 0.717) is 10.1 Å². The molecule has 0 N–H and O–H groups in total. The number of fused-ring (bicyclic) bond motifs is 1. The maximum absolute atomic E-state index is 13.9. The third kappa shape index (κ3) is 4.42. The second-order valence-electron chi connectivity index (χ2n) is 8.88. The molecular weight excluding hydrogens is 484 g/mol. The number of nitrogens with zero attached hydrogens (tertiary/aromatic N) is 4. The summed E-state index contributed by atoms with van der Waals surface area (Å²) in [5.41, 5.74) is 6.21. The van der Waals surface area contributed by atoms with Gasteiger partial charge in [-0.05, 0) is 93.0 Å². The van der Waals surface area contributed by atoms with Gasteiger partial charge in [-0.15, -0.1) is 0 Å². The molecule has 0 radical (unpaired) electrons. The molecule has 2 heterocycles. The standard InChI is InChI=1S/C29H30N4OS2/c1-6-32(7-2)21-15-16-23(20(4)18-21)30-29-33(22-12-10-11-19(3)17-22)27(34)26(36-29)28-31(5)24-13-8-9-14-25(24)35-28/h8-18H,6-7H2,1-5H3/b28-26-,30-29?. The van der Waals surface area contributed by atoms with Gasteiger partial charge in [0, 0.05) is 30.7 Å². The van der Waals surface area contributed by atoms with Gasteiger partial charge in [0.2, 0.25) is 0 Å². The number of aryl methyl sites for hydroxylation is 2. The number of aliphatic imine (C=N–C) groups is 1. The van der Waals surface area contributed by atoms with Crippen LogP contribution in [-0.2, 0) is 4.79 Å². The first-order chi connectivity index (χ1) is 17.4. The van der Waals surface area contributed by atoms with E-state index in [1.54, 1.807) is 16.7 Å². The van der Waals surface area contributed by atoms with E-state index < -0.39 is 0 Å². The minimum Gasteiger partial charge on any atom is -0.372 e. The Morgan fingerprint density at radius 2 is 1.69 bits per heavy atom.